The SMILES string of the molecule is Cc1ccc(F)cc1NC(=O)[C@H](C)NC(=O)c1cccc([N+](=O)[O-])c1. The van der Waals surface area contributed by atoms with Gasteiger partial charge in [-0.2, -0.15) is 0 Å². The minimum Gasteiger partial charge on any atom is -0.341 e. The van der Waals surface area contributed by atoms with E-state index in [1.807, 2.05) is 0 Å². The van der Waals surface area contributed by atoms with Gasteiger partial charge in [0.1, 0.15) is 11.9 Å². The van der Waals surface area contributed by atoms with E-state index in [2.05, 4.69) is 10.6 Å². The first-order chi connectivity index (χ1) is 11.8. The van der Waals surface area contributed by atoms with Crippen LogP contribution in [0.25, 0.3) is 0 Å². The van der Waals surface area contributed by atoms with Crippen LogP contribution in [0.4, 0.5) is 15.8 Å². The summed E-state index contributed by atoms with van der Waals surface area (Å²) in [6, 6.07) is 8.24. The van der Waals surface area contributed by atoms with Crippen molar-refractivity contribution < 1.29 is 18.9 Å². The number of non-ortho nitro benzene ring substituents is 1. The Hall–Kier alpha value is -3.29. The summed E-state index contributed by atoms with van der Waals surface area (Å²) < 4.78 is 13.3. The van der Waals surface area contributed by atoms with Gasteiger partial charge >= 0.3 is 0 Å². The number of nitrogens with one attached hydrogen (secondary N) is 2. The first-order valence-electron chi connectivity index (χ1n) is 7.40. The number of hydrogen-bond donors (Lipinski definition) is 2. The van der Waals surface area contributed by atoms with Gasteiger partial charge in [0.2, 0.25) is 5.91 Å². The molecule has 0 saturated heterocycles. The number of amides is 2. The highest BCUT2D eigenvalue weighted by atomic mass is 19.1. The maximum absolute atomic E-state index is 13.3. The molecule has 2 amide bonds. The molecule has 8 heteroatoms. The normalized spacial score (nSPS) is 11.5. The lowest BCUT2D eigenvalue weighted by Crippen LogP contribution is -2.41. The van der Waals surface area contributed by atoms with Crippen molar-refractivity contribution in [3.63, 3.8) is 0 Å². The van der Waals surface area contributed by atoms with Gasteiger partial charge in [-0.3, -0.25) is 19.7 Å². The average molecular weight is 345 g/mol. The molecule has 2 N–H and O–H groups in total. The highest BCUT2D eigenvalue weighted by Gasteiger charge is 2.19. The van der Waals surface area contributed by atoms with Crippen molar-refractivity contribution in [3.05, 3.63) is 69.5 Å². The van der Waals surface area contributed by atoms with Gasteiger partial charge < -0.3 is 10.6 Å². The van der Waals surface area contributed by atoms with Crippen molar-refractivity contribution >= 4 is 23.2 Å². The Balaban J connectivity index is 2.05. The van der Waals surface area contributed by atoms with Crippen molar-refractivity contribution in [3.8, 4) is 0 Å². The molecular weight excluding hydrogens is 329 g/mol. The van der Waals surface area contributed by atoms with Crippen LogP contribution in [0.2, 0.25) is 0 Å². The Morgan fingerprint density at radius 2 is 1.92 bits per heavy atom. The molecule has 2 aromatic carbocycles. The highest BCUT2D eigenvalue weighted by molar-refractivity contribution is 6.01. The van der Waals surface area contributed by atoms with Gasteiger partial charge in [0.25, 0.3) is 11.6 Å². The monoisotopic (exact) mass is 345 g/mol. The molecule has 0 aliphatic carbocycles. The minimum atomic E-state index is -0.922. The summed E-state index contributed by atoms with van der Waals surface area (Å²) in [5, 5.41) is 15.7. The van der Waals surface area contributed by atoms with E-state index in [4.69, 9.17) is 0 Å². The van der Waals surface area contributed by atoms with E-state index in [9.17, 15) is 24.1 Å². The molecule has 2 aromatic rings. The van der Waals surface area contributed by atoms with Crippen molar-refractivity contribution in [2.24, 2.45) is 0 Å². The standard InChI is InChI=1S/C17H16FN3O4/c1-10-6-7-13(18)9-15(10)20-16(22)11(2)19-17(23)12-4-3-5-14(8-12)21(24)25/h3-9,11H,1-2H3,(H,19,23)(H,20,22)/t11-/m0/s1. The molecule has 7 nitrogen and oxygen atoms in total. The maximum Gasteiger partial charge on any atom is 0.270 e. The number of benzene rings is 2. The van der Waals surface area contributed by atoms with Crippen molar-refractivity contribution in [2.45, 2.75) is 19.9 Å². The highest BCUT2D eigenvalue weighted by Crippen LogP contribution is 2.16. The van der Waals surface area contributed by atoms with Crippen LogP contribution in [0, 0.1) is 22.9 Å². The molecule has 0 fully saturated rings. The van der Waals surface area contributed by atoms with E-state index < -0.39 is 28.6 Å². The lowest BCUT2D eigenvalue weighted by atomic mass is 10.1. The third-order valence-electron chi connectivity index (χ3n) is 3.52. The van der Waals surface area contributed by atoms with Crippen LogP contribution in [0.1, 0.15) is 22.8 Å². The summed E-state index contributed by atoms with van der Waals surface area (Å²) in [5.74, 6) is -1.65. The Bertz CT molecular complexity index is 838. The van der Waals surface area contributed by atoms with Gasteiger partial charge in [-0.1, -0.05) is 12.1 Å². The number of halogens is 1. The molecule has 0 saturated carbocycles. The number of anilines is 1. The summed E-state index contributed by atoms with van der Waals surface area (Å²) in [7, 11) is 0. The third-order valence-corrected chi connectivity index (χ3v) is 3.52. The van der Waals surface area contributed by atoms with Crippen LogP contribution < -0.4 is 10.6 Å². The predicted molar refractivity (Wildman–Crippen MR) is 89.8 cm³/mol. The molecule has 2 rings (SSSR count). The second kappa shape index (κ2) is 7.52. The van der Waals surface area contributed by atoms with Crippen LogP contribution in [-0.2, 0) is 4.79 Å². The molecule has 0 radical (unpaired) electrons. The summed E-state index contributed by atoms with van der Waals surface area (Å²) in [5.41, 5.74) is 0.823. The number of nitrogens with zero attached hydrogens (tertiary/aromatic N) is 1. The van der Waals surface area contributed by atoms with Crippen molar-refractivity contribution in [2.75, 3.05) is 5.32 Å². The van der Waals surface area contributed by atoms with Crippen LogP contribution >= 0.6 is 0 Å². The first-order valence-corrected chi connectivity index (χ1v) is 7.40. The van der Waals surface area contributed by atoms with Crippen molar-refractivity contribution in [1.29, 1.82) is 0 Å². The second-order valence-corrected chi connectivity index (χ2v) is 5.45. The van der Waals surface area contributed by atoms with Crippen LogP contribution in [0.15, 0.2) is 42.5 Å². The fourth-order valence-corrected chi connectivity index (χ4v) is 2.08. The fraction of sp³-hybridized carbons (Fsp3) is 0.176. The summed E-state index contributed by atoms with van der Waals surface area (Å²) in [6.07, 6.45) is 0. The lowest BCUT2D eigenvalue weighted by Gasteiger charge is -2.15. The van der Waals surface area contributed by atoms with Gasteiger partial charge in [0.05, 0.1) is 4.92 Å². The molecule has 1 atom stereocenters. The van der Waals surface area contributed by atoms with Crippen LogP contribution in [-0.4, -0.2) is 22.8 Å². The molecule has 0 bridgehead atoms. The third kappa shape index (κ3) is 4.60. The molecule has 0 spiro atoms. The van der Waals surface area contributed by atoms with Crippen molar-refractivity contribution in [1.82, 2.24) is 5.32 Å². The van der Waals surface area contributed by atoms with Gasteiger partial charge in [0, 0.05) is 23.4 Å². The van der Waals surface area contributed by atoms with Gasteiger partial charge in [-0.25, -0.2) is 4.39 Å². The molecule has 25 heavy (non-hydrogen) atoms. The minimum absolute atomic E-state index is 0.0655. The molecule has 0 unspecified atom stereocenters. The van der Waals surface area contributed by atoms with Gasteiger partial charge in [0.15, 0.2) is 0 Å². The number of aryl methyl sites for hydroxylation is 1. The zero-order valence-electron chi connectivity index (χ0n) is 13.6. The topological polar surface area (TPSA) is 101 Å². The fourth-order valence-electron chi connectivity index (χ4n) is 2.08. The van der Waals surface area contributed by atoms with E-state index in [0.717, 1.165) is 6.07 Å². The quantitative estimate of drug-likeness (QED) is 0.642. The Morgan fingerprint density at radius 1 is 1.20 bits per heavy atom. The number of hydrogen-bond acceptors (Lipinski definition) is 4. The molecule has 0 aliphatic heterocycles. The Labute approximate surface area is 143 Å². The first kappa shape index (κ1) is 18.1. The van der Waals surface area contributed by atoms with E-state index in [0.29, 0.717) is 11.3 Å². The predicted octanol–water partition coefficient (Wildman–Crippen LogP) is 2.80. The largest absolute Gasteiger partial charge is 0.341 e. The zero-order valence-corrected chi connectivity index (χ0v) is 13.6. The van der Waals surface area contributed by atoms with E-state index in [1.54, 1.807) is 6.92 Å². The van der Waals surface area contributed by atoms with Gasteiger partial charge in [-0.05, 0) is 37.6 Å². The number of carbonyl (C=O) groups excluding carboxylic acids is 2. The number of rotatable bonds is 5. The Morgan fingerprint density at radius 3 is 2.60 bits per heavy atom. The number of carbonyl (C=O) groups is 2. The lowest BCUT2D eigenvalue weighted by molar-refractivity contribution is -0.384. The number of nitro benzene ring substituents is 1. The van der Waals surface area contributed by atoms with E-state index in [-0.39, 0.29) is 11.3 Å². The second-order valence-electron chi connectivity index (χ2n) is 5.45. The summed E-state index contributed by atoms with van der Waals surface area (Å²) in [4.78, 5) is 34.4. The molecule has 0 aliphatic rings. The molecule has 0 aromatic heterocycles. The smallest absolute Gasteiger partial charge is 0.270 e. The molecule has 130 valence electrons. The molecule has 0 heterocycles. The van der Waals surface area contributed by atoms with Crippen LogP contribution in [0.3, 0.4) is 0 Å². The summed E-state index contributed by atoms with van der Waals surface area (Å²) in [6.45, 7) is 3.17. The average Bonchev–Trinajstić information content (AvgIpc) is 2.58. The number of nitro groups is 1. The summed E-state index contributed by atoms with van der Waals surface area (Å²) >= 11 is 0. The zero-order chi connectivity index (χ0) is 18.6. The van der Waals surface area contributed by atoms with E-state index >= 15 is 0 Å². The maximum atomic E-state index is 13.3. The Kier molecular flexibility index (Phi) is 5.43. The van der Waals surface area contributed by atoms with Crippen LogP contribution in [0.5, 0.6) is 0 Å². The molecular formula is C17H16FN3O4. The van der Waals surface area contributed by atoms with E-state index in [1.165, 1.54) is 43.3 Å². The van der Waals surface area contributed by atoms with Gasteiger partial charge in [-0.15, -0.1) is 0 Å².